The molecule has 0 aliphatic rings. The van der Waals surface area contributed by atoms with Crippen LogP contribution in [0.3, 0.4) is 0 Å². The van der Waals surface area contributed by atoms with E-state index in [1.54, 1.807) is 0 Å². The summed E-state index contributed by atoms with van der Waals surface area (Å²) in [5, 5.41) is 0. The first-order valence-corrected chi connectivity index (χ1v) is 5.63. The maximum Gasteiger partial charge on any atom is 0.243 e. The zero-order valence-corrected chi connectivity index (χ0v) is 9.12. The van der Waals surface area contributed by atoms with Crippen molar-refractivity contribution < 1.29 is 12.8 Å². The Bertz CT molecular complexity index is 419. The minimum atomic E-state index is -3.71. The van der Waals surface area contributed by atoms with Gasteiger partial charge in [0.2, 0.25) is 10.0 Å². The Morgan fingerprint density at radius 2 is 2.08 bits per heavy atom. The summed E-state index contributed by atoms with van der Waals surface area (Å²) >= 11 is 3.06. The van der Waals surface area contributed by atoms with E-state index in [9.17, 15) is 12.8 Å². The first kappa shape index (κ1) is 10.6. The van der Waals surface area contributed by atoms with Crippen LogP contribution >= 0.6 is 15.9 Å². The van der Waals surface area contributed by atoms with Crippen LogP contribution in [0.1, 0.15) is 0 Å². The van der Waals surface area contributed by atoms with E-state index >= 15 is 0 Å². The van der Waals surface area contributed by atoms with E-state index in [4.69, 9.17) is 0 Å². The van der Waals surface area contributed by atoms with Gasteiger partial charge in [-0.2, -0.15) is 0 Å². The van der Waals surface area contributed by atoms with Crippen LogP contribution < -0.4 is 4.72 Å². The van der Waals surface area contributed by atoms with Crippen LogP contribution in [0.15, 0.2) is 27.6 Å². The molecule has 3 nitrogen and oxygen atoms in total. The summed E-state index contributed by atoms with van der Waals surface area (Å²) in [4.78, 5) is -0.357. The van der Waals surface area contributed by atoms with Crippen LogP contribution in [-0.2, 0) is 10.0 Å². The van der Waals surface area contributed by atoms with Gasteiger partial charge in [0.15, 0.2) is 0 Å². The highest BCUT2D eigenvalue weighted by molar-refractivity contribution is 9.10. The van der Waals surface area contributed by atoms with Gasteiger partial charge in [0.1, 0.15) is 10.7 Å². The molecule has 0 saturated carbocycles. The fourth-order valence-electron chi connectivity index (χ4n) is 0.793. The second-order valence-electron chi connectivity index (χ2n) is 2.28. The maximum atomic E-state index is 13.0. The fourth-order valence-corrected chi connectivity index (χ4v) is 2.13. The molecule has 0 amide bonds. The summed E-state index contributed by atoms with van der Waals surface area (Å²) in [5.74, 6) is -0.766. The number of nitrogens with one attached hydrogen (secondary N) is 1. The Morgan fingerprint density at radius 3 is 2.62 bits per heavy atom. The average molecular weight is 268 g/mol. The summed E-state index contributed by atoms with van der Waals surface area (Å²) in [6.07, 6.45) is 0. The van der Waals surface area contributed by atoms with Gasteiger partial charge in [0.05, 0.1) is 0 Å². The molecule has 0 aromatic heterocycles. The second-order valence-corrected chi connectivity index (χ2v) is 5.05. The summed E-state index contributed by atoms with van der Waals surface area (Å²) < 4.78 is 38.0. The van der Waals surface area contributed by atoms with Crippen molar-refractivity contribution in [3.8, 4) is 0 Å². The van der Waals surface area contributed by atoms with Gasteiger partial charge in [-0.15, -0.1) is 0 Å². The number of sulfonamides is 1. The molecular weight excluding hydrogens is 261 g/mol. The topological polar surface area (TPSA) is 46.2 Å². The second kappa shape index (κ2) is 3.73. The summed E-state index contributed by atoms with van der Waals surface area (Å²) in [7, 11) is -2.47. The van der Waals surface area contributed by atoms with Crippen LogP contribution in [0.4, 0.5) is 4.39 Å². The Labute approximate surface area is 84.1 Å². The molecule has 0 spiro atoms. The van der Waals surface area contributed by atoms with Gasteiger partial charge in [-0.3, -0.25) is 0 Å². The Balaban J connectivity index is 3.38. The van der Waals surface area contributed by atoms with Crippen molar-refractivity contribution in [2.24, 2.45) is 0 Å². The standard InChI is InChI=1S/C7H7BrFNO2S/c1-10-13(11,12)7-4-5(8)2-3-6(7)9/h2-4,10H,1H3. The van der Waals surface area contributed by atoms with Gasteiger partial charge in [-0.25, -0.2) is 17.5 Å². The lowest BCUT2D eigenvalue weighted by molar-refractivity contribution is 0.561. The highest BCUT2D eigenvalue weighted by Gasteiger charge is 2.16. The van der Waals surface area contributed by atoms with Gasteiger partial charge < -0.3 is 0 Å². The average Bonchev–Trinajstić information content (AvgIpc) is 2.09. The SMILES string of the molecule is CNS(=O)(=O)c1cc(Br)ccc1F. The number of hydrogen-bond acceptors (Lipinski definition) is 2. The molecule has 72 valence electrons. The first-order valence-electron chi connectivity index (χ1n) is 3.36. The smallest absolute Gasteiger partial charge is 0.214 e. The van der Waals surface area contributed by atoms with E-state index in [1.165, 1.54) is 19.2 Å². The molecule has 0 radical (unpaired) electrons. The predicted octanol–water partition coefficient (Wildman–Crippen LogP) is 1.50. The molecule has 0 bridgehead atoms. The van der Waals surface area contributed by atoms with E-state index in [1.807, 2.05) is 4.72 Å². The van der Waals surface area contributed by atoms with E-state index in [0.717, 1.165) is 6.07 Å². The van der Waals surface area contributed by atoms with Crippen LogP contribution in [0.25, 0.3) is 0 Å². The monoisotopic (exact) mass is 267 g/mol. The molecule has 1 aromatic rings. The van der Waals surface area contributed by atoms with Gasteiger partial charge in [-0.05, 0) is 25.2 Å². The molecule has 6 heteroatoms. The third-order valence-corrected chi connectivity index (χ3v) is 3.37. The van der Waals surface area contributed by atoms with Gasteiger partial charge in [0.25, 0.3) is 0 Å². The van der Waals surface area contributed by atoms with Gasteiger partial charge >= 0.3 is 0 Å². The molecule has 0 atom stereocenters. The van der Waals surface area contributed by atoms with Crippen molar-refractivity contribution in [2.45, 2.75) is 4.90 Å². The maximum absolute atomic E-state index is 13.0. The lowest BCUT2D eigenvalue weighted by Gasteiger charge is -2.03. The summed E-state index contributed by atoms with van der Waals surface area (Å²) in [6, 6.07) is 3.74. The summed E-state index contributed by atoms with van der Waals surface area (Å²) in [6.45, 7) is 0. The van der Waals surface area contributed by atoms with Crippen molar-refractivity contribution >= 4 is 26.0 Å². The zero-order chi connectivity index (χ0) is 10.1. The normalized spacial score (nSPS) is 11.6. The third kappa shape index (κ3) is 2.26. The number of halogens is 2. The minimum absolute atomic E-state index is 0.357. The van der Waals surface area contributed by atoms with Crippen molar-refractivity contribution in [1.82, 2.24) is 4.72 Å². The van der Waals surface area contributed by atoms with E-state index in [0.29, 0.717) is 4.47 Å². The van der Waals surface area contributed by atoms with E-state index in [-0.39, 0.29) is 4.90 Å². The quantitative estimate of drug-likeness (QED) is 0.883. The molecule has 0 aliphatic heterocycles. The highest BCUT2D eigenvalue weighted by Crippen LogP contribution is 2.19. The molecule has 0 heterocycles. The Kier molecular flexibility index (Phi) is 3.05. The van der Waals surface area contributed by atoms with Gasteiger partial charge in [0, 0.05) is 4.47 Å². The largest absolute Gasteiger partial charge is 0.243 e. The molecule has 1 aromatic carbocycles. The number of rotatable bonds is 2. The van der Waals surface area contributed by atoms with Crippen molar-refractivity contribution in [3.63, 3.8) is 0 Å². The Morgan fingerprint density at radius 1 is 1.46 bits per heavy atom. The van der Waals surface area contributed by atoms with Crippen LogP contribution in [0, 0.1) is 5.82 Å². The fraction of sp³-hybridized carbons (Fsp3) is 0.143. The van der Waals surface area contributed by atoms with E-state index < -0.39 is 15.8 Å². The molecular formula is C7H7BrFNO2S. The molecule has 0 unspecified atom stereocenters. The number of hydrogen-bond donors (Lipinski definition) is 1. The van der Waals surface area contributed by atoms with Crippen molar-refractivity contribution in [2.75, 3.05) is 7.05 Å². The molecule has 1 rings (SSSR count). The number of benzene rings is 1. The Hall–Kier alpha value is -0.460. The minimum Gasteiger partial charge on any atom is -0.214 e. The zero-order valence-electron chi connectivity index (χ0n) is 6.71. The molecule has 0 aliphatic carbocycles. The van der Waals surface area contributed by atoms with E-state index in [2.05, 4.69) is 15.9 Å². The summed E-state index contributed by atoms with van der Waals surface area (Å²) in [5.41, 5.74) is 0. The lowest BCUT2D eigenvalue weighted by atomic mass is 10.3. The van der Waals surface area contributed by atoms with Crippen molar-refractivity contribution in [3.05, 3.63) is 28.5 Å². The lowest BCUT2D eigenvalue weighted by Crippen LogP contribution is -2.19. The van der Waals surface area contributed by atoms with Crippen LogP contribution in [0.5, 0.6) is 0 Å². The highest BCUT2D eigenvalue weighted by atomic mass is 79.9. The third-order valence-electron chi connectivity index (χ3n) is 1.45. The van der Waals surface area contributed by atoms with Crippen LogP contribution in [0.2, 0.25) is 0 Å². The van der Waals surface area contributed by atoms with Crippen LogP contribution in [-0.4, -0.2) is 15.5 Å². The van der Waals surface area contributed by atoms with Gasteiger partial charge in [-0.1, -0.05) is 15.9 Å². The first-order chi connectivity index (χ1) is 5.97. The molecule has 13 heavy (non-hydrogen) atoms. The molecule has 1 N–H and O–H groups in total. The molecule has 0 saturated heterocycles. The molecule has 0 fully saturated rings. The predicted molar refractivity (Wildman–Crippen MR) is 50.3 cm³/mol. The van der Waals surface area contributed by atoms with Crippen molar-refractivity contribution in [1.29, 1.82) is 0 Å².